The smallest absolute Gasteiger partial charge is 0.294 e. The van der Waals surface area contributed by atoms with Crippen molar-refractivity contribution in [2.75, 3.05) is 0 Å². The maximum Gasteiger partial charge on any atom is 0.432 e. The molecule has 0 atom stereocenters. The zero-order valence-corrected chi connectivity index (χ0v) is 12.2. The molecule has 2 heterocycles. The Labute approximate surface area is 132 Å². The average molecular weight is 341 g/mol. The van der Waals surface area contributed by atoms with E-state index in [9.17, 15) is 22.8 Å². The summed E-state index contributed by atoms with van der Waals surface area (Å²) < 4.78 is 38.8. The van der Waals surface area contributed by atoms with Gasteiger partial charge in [0.2, 0.25) is 0 Å². The average Bonchev–Trinajstić information content (AvgIpc) is 3.05. The summed E-state index contributed by atoms with van der Waals surface area (Å²) >= 11 is 1.02. The van der Waals surface area contributed by atoms with Crippen molar-refractivity contribution in [2.45, 2.75) is 6.18 Å². The highest BCUT2D eigenvalue weighted by molar-refractivity contribution is 7.12. The second kappa shape index (κ2) is 7.05. The second-order valence-corrected chi connectivity index (χ2v) is 5.16. The fourth-order valence-electron chi connectivity index (χ4n) is 1.51. The third-order valence-electron chi connectivity index (χ3n) is 2.60. The fourth-order valence-corrected chi connectivity index (χ4v) is 2.15. The molecule has 23 heavy (non-hydrogen) atoms. The lowest BCUT2D eigenvalue weighted by Crippen LogP contribution is -2.41. The van der Waals surface area contributed by atoms with Crippen molar-refractivity contribution in [2.24, 2.45) is 0 Å². The molecule has 2 aromatic rings. The molecule has 1 amide bonds. The number of pyridine rings is 1. The van der Waals surface area contributed by atoms with E-state index in [1.165, 1.54) is 30.6 Å². The van der Waals surface area contributed by atoms with Crippen LogP contribution in [0.2, 0.25) is 0 Å². The molecule has 2 rings (SSSR count). The molecule has 0 aliphatic rings. The maximum absolute atomic E-state index is 12.9. The summed E-state index contributed by atoms with van der Waals surface area (Å²) in [6, 6.07) is 5.64. The number of allylic oxidation sites excluding steroid dienone is 2. The molecule has 0 aromatic carbocycles. The Morgan fingerprint density at radius 1 is 1.13 bits per heavy atom. The lowest BCUT2D eigenvalue weighted by Gasteiger charge is -2.14. The van der Waals surface area contributed by atoms with Crippen LogP contribution >= 0.6 is 11.3 Å². The molecule has 0 aliphatic heterocycles. The van der Waals surface area contributed by atoms with E-state index in [0.717, 1.165) is 11.3 Å². The van der Waals surface area contributed by atoms with Crippen LogP contribution in [0.15, 0.2) is 53.8 Å². The normalized spacial score (nSPS) is 11.9. The maximum atomic E-state index is 12.9. The number of amides is 1. The third kappa shape index (κ3) is 4.65. The third-order valence-corrected chi connectivity index (χ3v) is 3.48. The van der Waals surface area contributed by atoms with Gasteiger partial charge in [-0.25, -0.2) is 0 Å². The summed E-state index contributed by atoms with van der Waals surface area (Å²) in [5.74, 6) is -1.59. The monoisotopic (exact) mass is 341 g/mol. The molecule has 5 nitrogen and oxygen atoms in total. The van der Waals surface area contributed by atoms with Gasteiger partial charge in [0, 0.05) is 24.0 Å². The van der Waals surface area contributed by atoms with Crippen LogP contribution in [0.5, 0.6) is 0 Å². The van der Waals surface area contributed by atoms with Gasteiger partial charge in [-0.1, -0.05) is 6.07 Å². The van der Waals surface area contributed by atoms with Crippen LogP contribution < -0.4 is 10.9 Å². The van der Waals surface area contributed by atoms with Crippen molar-refractivity contribution in [3.05, 3.63) is 64.3 Å². The van der Waals surface area contributed by atoms with E-state index in [1.54, 1.807) is 16.9 Å². The summed E-state index contributed by atoms with van der Waals surface area (Å²) in [4.78, 5) is 27.3. The van der Waals surface area contributed by atoms with Crippen LogP contribution in [0.25, 0.3) is 0 Å². The molecule has 0 spiro atoms. The number of alkyl halides is 3. The molecule has 0 saturated heterocycles. The van der Waals surface area contributed by atoms with Gasteiger partial charge in [0.25, 0.3) is 5.91 Å². The number of rotatable bonds is 5. The summed E-state index contributed by atoms with van der Waals surface area (Å²) in [6.45, 7) is 0. The van der Waals surface area contributed by atoms with Crippen LogP contribution in [-0.4, -0.2) is 22.9 Å². The molecule has 0 saturated carbocycles. The highest BCUT2D eigenvalue weighted by Crippen LogP contribution is 2.24. The molecular formula is C14H10F3N3O2S. The van der Waals surface area contributed by atoms with Crippen LogP contribution in [0, 0.1) is 0 Å². The lowest BCUT2D eigenvalue weighted by molar-refractivity contribution is -0.0977. The number of halogens is 3. The first-order valence-corrected chi connectivity index (χ1v) is 7.09. The van der Waals surface area contributed by atoms with E-state index in [0.29, 0.717) is 6.08 Å². The molecule has 0 fully saturated rings. The van der Waals surface area contributed by atoms with Gasteiger partial charge < -0.3 is 0 Å². The first-order chi connectivity index (χ1) is 10.9. The van der Waals surface area contributed by atoms with E-state index in [2.05, 4.69) is 4.98 Å². The Hall–Kier alpha value is -2.68. The number of nitrogens with zero attached hydrogens (tertiary/aromatic N) is 1. The quantitative estimate of drug-likeness (QED) is 0.498. The van der Waals surface area contributed by atoms with E-state index in [4.69, 9.17) is 0 Å². The van der Waals surface area contributed by atoms with Crippen molar-refractivity contribution >= 4 is 23.0 Å². The number of carbonyl (C=O) groups is 2. The van der Waals surface area contributed by atoms with E-state index in [1.807, 2.05) is 5.43 Å². The van der Waals surface area contributed by atoms with Gasteiger partial charge in [-0.15, -0.1) is 11.3 Å². The van der Waals surface area contributed by atoms with Gasteiger partial charge in [0.1, 0.15) is 5.70 Å². The van der Waals surface area contributed by atoms with Crippen molar-refractivity contribution in [3.8, 4) is 0 Å². The van der Waals surface area contributed by atoms with Crippen molar-refractivity contribution in [1.29, 1.82) is 0 Å². The van der Waals surface area contributed by atoms with Gasteiger partial charge in [-0.05, 0) is 23.6 Å². The number of hydrazine groups is 1. The predicted octanol–water partition coefficient (Wildman–Crippen LogP) is 2.71. The molecule has 9 heteroatoms. The number of nitrogens with one attached hydrogen (secondary N) is 2. The standard InChI is InChI=1S/C14H10F3N3O2S/c15-14(16,17)12(8-10(21)11-2-1-7-23-11)19-20-13(22)9-3-5-18-6-4-9/h1-8,19H,(H,20,22)/b12-8+. The molecule has 0 unspecified atom stereocenters. The first-order valence-electron chi connectivity index (χ1n) is 6.21. The Balaban J connectivity index is 2.11. The lowest BCUT2D eigenvalue weighted by atomic mass is 10.2. The zero-order chi connectivity index (χ0) is 16.9. The minimum Gasteiger partial charge on any atom is -0.294 e. The van der Waals surface area contributed by atoms with Gasteiger partial charge in [-0.2, -0.15) is 13.2 Å². The first kappa shape index (κ1) is 16.7. The Bertz CT molecular complexity index is 713. The van der Waals surface area contributed by atoms with Crippen LogP contribution in [0.3, 0.4) is 0 Å². The number of aromatic nitrogens is 1. The van der Waals surface area contributed by atoms with E-state index < -0.39 is 23.6 Å². The molecule has 0 radical (unpaired) electrons. The summed E-state index contributed by atoms with van der Waals surface area (Å²) in [5.41, 5.74) is 2.41. The van der Waals surface area contributed by atoms with Crippen molar-refractivity contribution < 1.29 is 22.8 Å². The SMILES string of the molecule is O=C(NN/C(=C/C(=O)c1cccs1)C(F)(F)F)c1ccncc1. The fraction of sp³-hybridized carbons (Fsp3) is 0.0714. The predicted molar refractivity (Wildman–Crippen MR) is 77.6 cm³/mol. The molecule has 0 bridgehead atoms. The molecule has 2 N–H and O–H groups in total. The summed E-state index contributed by atoms with van der Waals surface area (Å²) in [6.07, 6.45) is -1.76. The Kier molecular flexibility index (Phi) is 5.12. The minimum atomic E-state index is -4.82. The molecule has 120 valence electrons. The van der Waals surface area contributed by atoms with Gasteiger partial charge >= 0.3 is 6.18 Å². The van der Waals surface area contributed by atoms with Crippen LogP contribution in [0.4, 0.5) is 13.2 Å². The van der Waals surface area contributed by atoms with Gasteiger partial charge in [0.05, 0.1) is 4.88 Å². The number of thiophene rings is 1. The Morgan fingerprint density at radius 2 is 1.83 bits per heavy atom. The molecule has 0 aliphatic carbocycles. The van der Waals surface area contributed by atoms with Crippen molar-refractivity contribution in [3.63, 3.8) is 0 Å². The van der Waals surface area contributed by atoms with E-state index in [-0.39, 0.29) is 10.4 Å². The van der Waals surface area contributed by atoms with Gasteiger partial charge in [-0.3, -0.25) is 25.4 Å². The highest BCUT2D eigenvalue weighted by Gasteiger charge is 2.35. The number of ketones is 1. The number of carbonyl (C=O) groups excluding carboxylic acids is 2. The molecule has 2 aromatic heterocycles. The largest absolute Gasteiger partial charge is 0.432 e. The topological polar surface area (TPSA) is 71.1 Å². The number of hydrogen-bond acceptors (Lipinski definition) is 5. The summed E-state index contributed by atoms with van der Waals surface area (Å²) in [7, 11) is 0. The second-order valence-electron chi connectivity index (χ2n) is 4.21. The Morgan fingerprint density at radius 3 is 2.39 bits per heavy atom. The number of hydrogen-bond donors (Lipinski definition) is 2. The van der Waals surface area contributed by atoms with Crippen molar-refractivity contribution in [1.82, 2.24) is 15.8 Å². The summed E-state index contributed by atoms with van der Waals surface area (Å²) in [5, 5.41) is 1.58. The van der Waals surface area contributed by atoms with E-state index >= 15 is 0 Å². The zero-order valence-electron chi connectivity index (χ0n) is 11.4. The van der Waals surface area contributed by atoms with Gasteiger partial charge in [0.15, 0.2) is 5.78 Å². The molecular weight excluding hydrogens is 331 g/mol. The highest BCUT2D eigenvalue weighted by atomic mass is 32.1. The van der Waals surface area contributed by atoms with Crippen LogP contribution in [-0.2, 0) is 0 Å². The van der Waals surface area contributed by atoms with Crippen LogP contribution in [0.1, 0.15) is 20.0 Å². The minimum absolute atomic E-state index is 0.124.